The van der Waals surface area contributed by atoms with Gasteiger partial charge in [-0.25, -0.2) is 9.13 Å². The van der Waals surface area contributed by atoms with E-state index in [0.29, 0.717) is 25.7 Å². The Labute approximate surface area is 600 Å². The van der Waals surface area contributed by atoms with Gasteiger partial charge in [-0.2, -0.15) is 0 Å². The fourth-order valence-electron chi connectivity index (χ4n) is 12.2. The number of carbonyl (C=O) groups is 4. The molecule has 0 rings (SSSR count). The average Bonchev–Trinajstić information content (AvgIpc) is 1.18. The van der Waals surface area contributed by atoms with Gasteiger partial charge in [-0.05, 0) is 31.6 Å². The SMILES string of the molecule is CCCCCCCCCCCCCCCCCCCCCCC(=O)O[C@H](COC(=O)CCCCCCCCCCCCCCCCC(C)CC)COP(=O)(O)OC[C@@H](O)COP(=O)(O)OC[C@@H](COC(=O)CCCCCCC)OC(=O)CCCCCCCCCCCCCCCCC. The van der Waals surface area contributed by atoms with E-state index in [0.717, 1.165) is 102 Å². The molecule has 0 aliphatic rings. The predicted molar refractivity (Wildman–Crippen MR) is 400 cm³/mol. The number of unbranched alkanes of at least 4 members (excludes halogenated alkanes) is 50. The van der Waals surface area contributed by atoms with Crippen molar-refractivity contribution < 1.29 is 80.2 Å². The molecule has 19 heteroatoms. The van der Waals surface area contributed by atoms with E-state index in [1.165, 1.54) is 238 Å². The van der Waals surface area contributed by atoms with Gasteiger partial charge in [-0.15, -0.1) is 0 Å². The van der Waals surface area contributed by atoms with Gasteiger partial charge in [0, 0.05) is 25.7 Å². The number of rotatable bonds is 79. The first-order chi connectivity index (χ1) is 47.6. The van der Waals surface area contributed by atoms with E-state index >= 15 is 0 Å². The van der Waals surface area contributed by atoms with Crippen molar-refractivity contribution in [2.75, 3.05) is 39.6 Å². The van der Waals surface area contributed by atoms with Crippen LogP contribution in [0.15, 0.2) is 0 Å². The highest BCUT2D eigenvalue weighted by Crippen LogP contribution is 2.45. The lowest BCUT2D eigenvalue weighted by atomic mass is 9.99. The molecule has 0 aromatic heterocycles. The molecule has 0 aliphatic carbocycles. The lowest BCUT2D eigenvalue weighted by molar-refractivity contribution is -0.161. The molecule has 0 fully saturated rings. The Balaban J connectivity index is 5.13. The number of aliphatic hydroxyl groups excluding tert-OH is 1. The molecule has 0 aromatic carbocycles. The fourth-order valence-corrected chi connectivity index (χ4v) is 13.8. The third kappa shape index (κ3) is 71.1. The maximum atomic E-state index is 13.1. The lowest BCUT2D eigenvalue weighted by Crippen LogP contribution is -2.30. The molecule has 0 aromatic rings. The van der Waals surface area contributed by atoms with Crippen LogP contribution in [0.25, 0.3) is 0 Å². The third-order valence-corrected chi connectivity index (χ3v) is 20.8. The minimum absolute atomic E-state index is 0.108. The highest BCUT2D eigenvalue weighted by atomic mass is 31.2. The van der Waals surface area contributed by atoms with Crippen LogP contribution in [0.3, 0.4) is 0 Å². The van der Waals surface area contributed by atoms with Gasteiger partial charge in [0.2, 0.25) is 0 Å². The highest BCUT2D eigenvalue weighted by Gasteiger charge is 2.30. The van der Waals surface area contributed by atoms with Gasteiger partial charge in [-0.3, -0.25) is 37.3 Å². The van der Waals surface area contributed by atoms with Crippen LogP contribution in [0.5, 0.6) is 0 Å². The van der Waals surface area contributed by atoms with Gasteiger partial charge < -0.3 is 33.8 Å². The largest absolute Gasteiger partial charge is 0.472 e. The van der Waals surface area contributed by atoms with Gasteiger partial charge in [0.05, 0.1) is 26.4 Å². The van der Waals surface area contributed by atoms with Crippen LogP contribution in [-0.4, -0.2) is 96.7 Å². The number of phosphoric acid groups is 2. The van der Waals surface area contributed by atoms with E-state index < -0.39 is 97.5 Å². The third-order valence-electron chi connectivity index (χ3n) is 18.9. The second-order valence-corrected chi connectivity index (χ2v) is 31.6. The molecule has 0 saturated carbocycles. The van der Waals surface area contributed by atoms with Crippen LogP contribution in [0.4, 0.5) is 0 Å². The Bertz CT molecular complexity index is 1880. The first kappa shape index (κ1) is 96.1. The molecule has 0 spiro atoms. The molecule has 0 amide bonds. The van der Waals surface area contributed by atoms with Crippen molar-refractivity contribution in [3.63, 3.8) is 0 Å². The lowest BCUT2D eigenvalue weighted by Gasteiger charge is -2.21. The summed E-state index contributed by atoms with van der Waals surface area (Å²) in [5, 5.41) is 10.6. The van der Waals surface area contributed by atoms with Crippen molar-refractivity contribution in [3.8, 4) is 0 Å². The van der Waals surface area contributed by atoms with Crippen molar-refractivity contribution in [1.29, 1.82) is 0 Å². The molecule has 0 aliphatic heterocycles. The van der Waals surface area contributed by atoms with Gasteiger partial charge in [0.25, 0.3) is 0 Å². The molecule has 0 heterocycles. The summed E-state index contributed by atoms with van der Waals surface area (Å²) in [4.78, 5) is 72.6. The predicted octanol–water partition coefficient (Wildman–Crippen LogP) is 23.6. The summed E-state index contributed by atoms with van der Waals surface area (Å²) in [7, 11) is -9.90. The maximum absolute atomic E-state index is 13.1. The molecule has 17 nitrogen and oxygen atoms in total. The van der Waals surface area contributed by atoms with Crippen molar-refractivity contribution in [2.24, 2.45) is 5.92 Å². The Kier molecular flexibility index (Phi) is 70.6. The van der Waals surface area contributed by atoms with E-state index in [2.05, 4.69) is 34.6 Å². The second kappa shape index (κ2) is 72.0. The van der Waals surface area contributed by atoms with E-state index in [9.17, 15) is 43.2 Å². The minimum Gasteiger partial charge on any atom is -0.462 e. The summed E-state index contributed by atoms with van der Waals surface area (Å²) >= 11 is 0. The van der Waals surface area contributed by atoms with Crippen molar-refractivity contribution >= 4 is 39.5 Å². The van der Waals surface area contributed by atoms with Crippen molar-refractivity contribution in [2.45, 2.75) is 438 Å². The Hall–Kier alpha value is -1.94. The van der Waals surface area contributed by atoms with Crippen LogP contribution in [-0.2, 0) is 65.4 Å². The number of phosphoric ester groups is 2. The summed E-state index contributed by atoms with van der Waals surface area (Å²) in [5.74, 6) is -1.27. The first-order valence-corrected chi connectivity index (χ1v) is 44.2. The molecule has 0 saturated heterocycles. The van der Waals surface area contributed by atoms with Crippen LogP contribution >= 0.6 is 15.6 Å². The standard InChI is InChI=1S/C79H154O17P2/c1-6-10-13-16-18-20-22-24-26-27-28-29-30-32-38-42-46-50-55-60-65-79(84)96-75(69-90-77(82)63-58-53-48-44-40-36-34-33-35-39-43-47-52-56-61-72(5)9-4)71-94-98(87,88)92-67-73(80)66-91-97(85,86)93-70-74(68-89-76(81)62-57-51-15-12-8-3)95-78(83)64-59-54-49-45-41-37-31-25-23-21-19-17-14-11-7-2/h72-75,80H,6-71H2,1-5H3,(H,85,86)(H,87,88)/t72?,73-,74+,75+/m0/s1. The highest BCUT2D eigenvalue weighted by molar-refractivity contribution is 7.47. The molecular weight excluding hydrogens is 1280 g/mol. The zero-order chi connectivity index (χ0) is 71.9. The van der Waals surface area contributed by atoms with E-state index in [-0.39, 0.29) is 25.7 Å². The smallest absolute Gasteiger partial charge is 0.462 e. The summed E-state index contributed by atoms with van der Waals surface area (Å²) in [5.41, 5.74) is 0. The Morgan fingerprint density at radius 1 is 0.286 bits per heavy atom. The van der Waals surface area contributed by atoms with E-state index in [1.807, 2.05) is 0 Å². The minimum atomic E-state index is -4.96. The molecule has 0 bridgehead atoms. The van der Waals surface area contributed by atoms with Gasteiger partial charge in [0.1, 0.15) is 19.3 Å². The monoisotopic (exact) mass is 1440 g/mol. The Morgan fingerprint density at radius 2 is 0.490 bits per heavy atom. The topological polar surface area (TPSA) is 237 Å². The Morgan fingerprint density at radius 3 is 0.724 bits per heavy atom. The van der Waals surface area contributed by atoms with E-state index in [4.69, 9.17) is 37.0 Å². The number of esters is 4. The molecule has 98 heavy (non-hydrogen) atoms. The molecular formula is C79H154O17P2. The van der Waals surface area contributed by atoms with Gasteiger partial charge in [0.15, 0.2) is 12.2 Å². The van der Waals surface area contributed by atoms with Gasteiger partial charge in [-0.1, -0.05) is 369 Å². The summed E-state index contributed by atoms with van der Waals surface area (Å²) < 4.78 is 68.4. The molecule has 6 atom stereocenters. The number of hydrogen-bond donors (Lipinski definition) is 3. The van der Waals surface area contributed by atoms with Crippen LogP contribution in [0, 0.1) is 5.92 Å². The maximum Gasteiger partial charge on any atom is 0.472 e. The van der Waals surface area contributed by atoms with Crippen LogP contribution < -0.4 is 0 Å². The quantitative estimate of drug-likeness (QED) is 0.0222. The zero-order valence-corrected chi connectivity index (χ0v) is 65.7. The number of hydrogen-bond acceptors (Lipinski definition) is 15. The van der Waals surface area contributed by atoms with Crippen LogP contribution in [0.1, 0.15) is 420 Å². The van der Waals surface area contributed by atoms with E-state index in [1.54, 1.807) is 0 Å². The first-order valence-electron chi connectivity index (χ1n) is 41.2. The van der Waals surface area contributed by atoms with Crippen molar-refractivity contribution in [1.82, 2.24) is 0 Å². The van der Waals surface area contributed by atoms with Gasteiger partial charge >= 0.3 is 39.5 Å². The normalized spacial score (nSPS) is 14.2. The fraction of sp³-hybridized carbons (Fsp3) is 0.949. The number of carbonyl (C=O) groups excluding carboxylic acids is 4. The molecule has 3 N–H and O–H groups in total. The summed E-state index contributed by atoms with van der Waals surface area (Å²) in [6.45, 7) is 7.29. The summed E-state index contributed by atoms with van der Waals surface area (Å²) in [6.07, 6.45) is 62.8. The number of aliphatic hydroxyl groups is 1. The average molecular weight is 1440 g/mol. The molecule has 582 valence electrons. The zero-order valence-electron chi connectivity index (χ0n) is 63.9. The van der Waals surface area contributed by atoms with Crippen LogP contribution in [0.2, 0.25) is 0 Å². The van der Waals surface area contributed by atoms with Crippen molar-refractivity contribution in [3.05, 3.63) is 0 Å². The number of ether oxygens (including phenoxy) is 4. The summed E-state index contributed by atoms with van der Waals surface area (Å²) in [6, 6.07) is 0. The molecule has 3 unspecified atom stereocenters. The molecule has 0 radical (unpaired) electrons. The second-order valence-electron chi connectivity index (χ2n) is 28.7.